The van der Waals surface area contributed by atoms with Crippen LogP contribution in [-0.4, -0.2) is 25.5 Å². The molecule has 2 aliphatic rings. The predicted octanol–water partition coefficient (Wildman–Crippen LogP) is 1.69. The lowest BCUT2D eigenvalue weighted by atomic mass is 9.68. The van der Waals surface area contributed by atoms with Gasteiger partial charge in [0.2, 0.25) is 5.91 Å². The fourth-order valence-corrected chi connectivity index (χ4v) is 3.30. The third-order valence-electron chi connectivity index (χ3n) is 4.28. The van der Waals surface area contributed by atoms with Crippen molar-refractivity contribution in [3.8, 4) is 0 Å². The summed E-state index contributed by atoms with van der Waals surface area (Å²) in [7, 11) is 0. The Labute approximate surface area is 114 Å². The van der Waals surface area contributed by atoms with Gasteiger partial charge in [0, 0.05) is 12.5 Å². The van der Waals surface area contributed by atoms with Crippen LogP contribution in [0.5, 0.6) is 0 Å². The van der Waals surface area contributed by atoms with E-state index in [1.807, 2.05) is 6.07 Å². The Kier molecular flexibility index (Phi) is 3.93. The Morgan fingerprint density at radius 3 is 2.44 bits per heavy atom. The number of benzene rings is 1. The minimum absolute atomic E-state index is 0. The number of rotatable bonds is 1. The average molecular weight is 267 g/mol. The minimum atomic E-state index is -0.160. The molecule has 2 N–H and O–H groups in total. The molecule has 2 aliphatic heterocycles. The molecule has 0 bridgehead atoms. The molecular formula is C14H19ClN2O. The van der Waals surface area contributed by atoms with Crippen LogP contribution in [0, 0.1) is 5.41 Å². The number of amides is 1. The molecule has 0 aliphatic carbocycles. The first-order valence-electron chi connectivity index (χ1n) is 6.37. The standard InChI is InChI=1S/C14H18N2O.ClH/c17-13-14(6-8-15-9-7-14)12(10-16-13)11-4-2-1-3-5-11;/h1-5,12,15H,6-10H2,(H,16,17);1H/t12-;/m1./s1. The minimum Gasteiger partial charge on any atom is -0.355 e. The number of nitrogens with one attached hydrogen (secondary N) is 2. The second-order valence-corrected chi connectivity index (χ2v) is 5.08. The van der Waals surface area contributed by atoms with Crippen LogP contribution >= 0.6 is 12.4 Å². The molecule has 2 fully saturated rings. The van der Waals surface area contributed by atoms with E-state index < -0.39 is 0 Å². The highest BCUT2D eigenvalue weighted by atomic mass is 35.5. The molecule has 3 nitrogen and oxygen atoms in total. The topological polar surface area (TPSA) is 41.1 Å². The van der Waals surface area contributed by atoms with Crippen LogP contribution in [0.2, 0.25) is 0 Å². The van der Waals surface area contributed by atoms with Crippen molar-refractivity contribution < 1.29 is 4.79 Å². The van der Waals surface area contributed by atoms with Crippen LogP contribution in [0.4, 0.5) is 0 Å². The summed E-state index contributed by atoms with van der Waals surface area (Å²) >= 11 is 0. The second kappa shape index (κ2) is 5.29. The summed E-state index contributed by atoms with van der Waals surface area (Å²) < 4.78 is 0. The maximum absolute atomic E-state index is 12.2. The van der Waals surface area contributed by atoms with E-state index in [-0.39, 0.29) is 23.7 Å². The molecule has 98 valence electrons. The van der Waals surface area contributed by atoms with E-state index >= 15 is 0 Å². The first kappa shape index (κ1) is 13.4. The third-order valence-corrected chi connectivity index (χ3v) is 4.28. The van der Waals surface area contributed by atoms with Gasteiger partial charge in [0.1, 0.15) is 0 Å². The predicted molar refractivity (Wildman–Crippen MR) is 74.0 cm³/mol. The van der Waals surface area contributed by atoms with Crippen LogP contribution in [-0.2, 0) is 4.79 Å². The zero-order valence-electron chi connectivity index (χ0n) is 10.3. The van der Waals surface area contributed by atoms with E-state index in [1.54, 1.807) is 0 Å². The monoisotopic (exact) mass is 266 g/mol. The molecule has 1 aromatic carbocycles. The molecular weight excluding hydrogens is 248 g/mol. The molecule has 3 rings (SSSR count). The Hall–Kier alpha value is -1.06. The summed E-state index contributed by atoms with van der Waals surface area (Å²) in [5.41, 5.74) is 1.14. The Morgan fingerprint density at radius 2 is 1.78 bits per heavy atom. The van der Waals surface area contributed by atoms with Crippen molar-refractivity contribution >= 4 is 18.3 Å². The normalized spacial score (nSPS) is 25.6. The zero-order chi connectivity index (χ0) is 11.7. The highest BCUT2D eigenvalue weighted by Gasteiger charge is 2.50. The second-order valence-electron chi connectivity index (χ2n) is 5.08. The average Bonchev–Trinajstić information content (AvgIpc) is 2.69. The summed E-state index contributed by atoms with van der Waals surface area (Å²) in [5, 5.41) is 6.41. The highest BCUT2D eigenvalue weighted by molar-refractivity contribution is 5.86. The van der Waals surface area contributed by atoms with E-state index in [9.17, 15) is 4.79 Å². The maximum Gasteiger partial charge on any atom is 0.227 e. The lowest BCUT2D eigenvalue weighted by Crippen LogP contribution is -2.44. The van der Waals surface area contributed by atoms with Gasteiger partial charge in [-0.15, -0.1) is 12.4 Å². The van der Waals surface area contributed by atoms with Crippen LogP contribution < -0.4 is 10.6 Å². The van der Waals surface area contributed by atoms with Crippen LogP contribution in [0.15, 0.2) is 30.3 Å². The zero-order valence-corrected chi connectivity index (χ0v) is 11.1. The number of hydrogen-bond donors (Lipinski definition) is 2. The lowest BCUT2D eigenvalue weighted by molar-refractivity contribution is -0.129. The van der Waals surface area contributed by atoms with Gasteiger partial charge >= 0.3 is 0 Å². The van der Waals surface area contributed by atoms with E-state index in [0.29, 0.717) is 5.92 Å². The Bertz CT molecular complexity index is 415. The van der Waals surface area contributed by atoms with Gasteiger partial charge in [-0.1, -0.05) is 30.3 Å². The third kappa shape index (κ3) is 2.02. The quantitative estimate of drug-likeness (QED) is 0.812. The first-order valence-corrected chi connectivity index (χ1v) is 6.37. The Morgan fingerprint density at radius 1 is 1.11 bits per heavy atom. The van der Waals surface area contributed by atoms with Gasteiger partial charge in [-0.3, -0.25) is 4.79 Å². The molecule has 1 aromatic rings. The molecule has 2 heterocycles. The number of carbonyl (C=O) groups excluding carboxylic acids is 1. The lowest BCUT2D eigenvalue weighted by Gasteiger charge is -2.36. The molecule has 18 heavy (non-hydrogen) atoms. The molecule has 0 aromatic heterocycles. The summed E-state index contributed by atoms with van der Waals surface area (Å²) in [6, 6.07) is 10.5. The number of halogens is 1. The fraction of sp³-hybridized carbons (Fsp3) is 0.500. The SMILES string of the molecule is Cl.O=C1NC[C@H](c2ccccc2)C12CCNCC2. The largest absolute Gasteiger partial charge is 0.355 e. The van der Waals surface area contributed by atoms with E-state index in [1.165, 1.54) is 5.56 Å². The van der Waals surface area contributed by atoms with Gasteiger partial charge in [-0.25, -0.2) is 0 Å². The number of hydrogen-bond acceptors (Lipinski definition) is 2. The van der Waals surface area contributed by atoms with Crippen molar-refractivity contribution in [1.82, 2.24) is 10.6 Å². The molecule has 1 amide bonds. The van der Waals surface area contributed by atoms with Crippen LogP contribution in [0.1, 0.15) is 24.3 Å². The molecule has 4 heteroatoms. The van der Waals surface area contributed by atoms with Gasteiger partial charge in [0.05, 0.1) is 5.41 Å². The van der Waals surface area contributed by atoms with Crippen LogP contribution in [0.3, 0.4) is 0 Å². The molecule has 0 saturated carbocycles. The first-order chi connectivity index (χ1) is 8.33. The molecule has 2 saturated heterocycles. The van der Waals surface area contributed by atoms with E-state index in [0.717, 1.165) is 32.5 Å². The van der Waals surface area contributed by atoms with Crippen LogP contribution in [0.25, 0.3) is 0 Å². The molecule has 0 radical (unpaired) electrons. The summed E-state index contributed by atoms with van der Waals surface area (Å²) in [6.45, 7) is 2.70. The molecule has 0 unspecified atom stereocenters. The summed E-state index contributed by atoms with van der Waals surface area (Å²) in [5.74, 6) is 0.603. The number of piperidine rings is 1. The van der Waals surface area contributed by atoms with Crippen molar-refractivity contribution in [3.63, 3.8) is 0 Å². The van der Waals surface area contributed by atoms with Crippen molar-refractivity contribution in [2.45, 2.75) is 18.8 Å². The Balaban J connectivity index is 0.00000120. The van der Waals surface area contributed by atoms with E-state index in [2.05, 4.69) is 34.9 Å². The van der Waals surface area contributed by atoms with Gasteiger partial charge in [-0.2, -0.15) is 0 Å². The van der Waals surface area contributed by atoms with Crippen molar-refractivity contribution in [2.75, 3.05) is 19.6 Å². The van der Waals surface area contributed by atoms with E-state index in [4.69, 9.17) is 0 Å². The smallest absolute Gasteiger partial charge is 0.227 e. The van der Waals surface area contributed by atoms with Gasteiger partial charge in [0.25, 0.3) is 0 Å². The fourth-order valence-electron chi connectivity index (χ4n) is 3.30. The summed E-state index contributed by atoms with van der Waals surface area (Å²) in [4.78, 5) is 12.2. The number of carbonyl (C=O) groups is 1. The van der Waals surface area contributed by atoms with Crippen molar-refractivity contribution in [1.29, 1.82) is 0 Å². The van der Waals surface area contributed by atoms with Gasteiger partial charge < -0.3 is 10.6 Å². The van der Waals surface area contributed by atoms with Gasteiger partial charge in [-0.05, 0) is 31.5 Å². The van der Waals surface area contributed by atoms with Crippen molar-refractivity contribution in [3.05, 3.63) is 35.9 Å². The highest BCUT2D eigenvalue weighted by Crippen LogP contribution is 2.46. The van der Waals surface area contributed by atoms with Crippen molar-refractivity contribution in [2.24, 2.45) is 5.41 Å². The summed E-state index contributed by atoms with van der Waals surface area (Å²) in [6.07, 6.45) is 1.91. The molecule has 1 atom stereocenters. The van der Waals surface area contributed by atoms with Gasteiger partial charge in [0.15, 0.2) is 0 Å². The maximum atomic E-state index is 12.2. The molecule has 1 spiro atoms.